The smallest absolute Gasteiger partial charge is 0.384 e. The van der Waals surface area contributed by atoms with Crippen LogP contribution >= 0.6 is 19.2 Å². The largest absolute Gasteiger partial charge is 0.420 e. The maximum Gasteiger partial charge on any atom is 0.384 e. The van der Waals surface area contributed by atoms with Crippen LogP contribution in [0.3, 0.4) is 0 Å². The molecule has 0 spiro atoms. The fourth-order valence-electron chi connectivity index (χ4n) is 2.91. The molecule has 6 nitrogen and oxygen atoms in total. The predicted molar refractivity (Wildman–Crippen MR) is 121 cm³/mol. The van der Waals surface area contributed by atoms with Gasteiger partial charge in [-0.25, -0.2) is 0 Å². The van der Waals surface area contributed by atoms with Gasteiger partial charge in [-0.3, -0.25) is 4.57 Å². The molecule has 0 fully saturated rings. The van der Waals surface area contributed by atoms with Crippen molar-refractivity contribution in [2.24, 2.45) is 0 Å². The van der Waals surface area contributed by atoms with E-state index in [0.717, 1.165) is 11.1 Å². The van der Waals surface area contributed by atoms with Gasteiger partial charge in [0.2, 0.25) is 17.2 Å². The Morgan fingerprint density at radius 3 is 2.27 bits per heavy atom. The summed E-state index contributed by atoms with van der Waals surface area (Å²) in [6, 6.07) is 15.4. The molecule has 0 unspecified atom stereocenters. The molecule has 3 aromatic rings. The van der Waals surface area contributed by atoms with E-state index in [9.17, 15) is 4.57 Å². The van der Waals surface area contributed by atoms with Crippen molar-refractivity contribution >= 4 is 30.5 Å². The third-order valence-corrected chi connectivity index (χ3v) is 6.90. The molecule has 160 valence electrons. The van der Waals surface area contributed by atoms with Crippen molar-refractivity contribution in [2.75, 3.05) is 19.5 Å². The lowest BCUT2D eigenvalue weighted by Gasteiger charge is -2.18. The monoisotopic (exact) mass is 448 g/mol. The summed E-state index contributed by atoms with van der Waals surface area (Å²) in [6.07, 6.45) is 0. The van der Waals surface area contributed by atoms with Crippen molar-refractivity contribution in [1.29, 1.82) is 0 Å². The van der Waals surface area contributed by atoms with Crippen LogP contribution < -0.4 is 10.8 Å². The maximum atomic E-state index is 13.0. The number of nitrogens with zero attached hydrogens (tertiary/aromatic N) is 1. The van der Waals surface area contributed by atoms with Crippen molar-refractivity contribution in [3.63, 3.8) is 0 Å². The minimum absolute atomic E-state index is 0.0315. The van der Waals surface area contributed by atoms with Gasteiger partial charge >= 0.3 is 7.60 Å². The van der Waals surface area contributed by atoms with Crippen LogP contribution in [0.25, 0.3) is 11.5 Å². The number of benzene rings is 2. The number of rotatable bonds is 7. The summed E-state index contributed by atoms with van der Waals surface area (Å²) in [5, 5.41) is 3.74. The second kappa shape index (κ2) is 8.94. The molecule has 1 heterocycles. The van der Waals surface area contributed by atoms with E-state index in [1.807, 2.05) is 42.5 Å². The zero-order valence-electron chi connectivity index (χ0n) is 17.7. The summed E-state index contributed by atoms with van der Waals surface area (Å²) in [4.78, 5) is 4.45. The van der Waals surface area contributed by atoms with Crippen LogP contribution in [-0.4, -0.2) is 19.2 Å². The fourth-order valence-corrected chi connectivity index (χ4v) is 4.20. The van der Waals surface area contributed by atoms with Crippen LogP contribution in [0.2, 0.25) is 5.02 Å². The third kappa shape index (κ3) is 4.79. The summed E-state index contributed by atoms with van der Waals surface area (Å²) >= 11 is 6.24. The van der Waals surface area contributed by atoms with Crippen LogP contribution in [0.15, 0.2) is 52.9 Å². The first-order valence-electron chi connectivity index (χ1n) is 9.49. The Hall–Kier alpha value is -2.11. The number of hydrogen-bond acceptors (Lipinski definition) is 6. The molecule has 0 saturated heterocycles. The zero-order valence-corrected chi connectivity index (χ0v) is 19.4. The first-order chi connectivity index (χ1) is 14.2. The number of oxazole rings is 1. The molecule has 0 saturated carbocycles. The van der Waals surface area contributed by atoms with E-state index < -0.39 is 7.60 Å². The van der Waals surface area contributed by atoms with Crippen molar-refractivity contribution < 1.29 is 18.0 Å². The molecule has 1 aromatic heterocycles. The lowest BCUT2D eigenvalue weighted by molar-refractivity contribution is 0.286. The van der Waals surface area contributed by atoms with Crippen molar-refractivity contribution in [1.82, 2.24) is 4.98 Å². The van der Waals surface area contributed by atoms with Crippen LogP contribution in [0.1, 0.15) is 31.9 Å². The normalized spacial score (nSPS) is 12.2. The molecule has 2 aromatic carbocycles. The molecule has 0 atom stereocenters. The van der Waals surface area contributed by atoms with E-state index in [2.05, 4.69) is 31.1 Å². The Balaban J connectivity index is 1.98. The average Bonchev–Trinajstić information content (AvgIpc) is 3.17. The fraction of sp³-hybridized carbons (Fsp3) is 0.318. The molecule has 0 aliphatic carbocycles. The Kier molecular flexibility index (Phi) is 6.73. The summed E-state index contributed by atoms with van der Waals surface area (Å²) in [6.45, 7) is 6.80. The second-order valence-corrected chi connectivity index (χ2v) is 10.4. The van der Waals surface area contributed by atoms with Crippen molar-refractivity contribution in [2.45, 2.75) is 32.7 Å². The predicted octanol–water partition coefficient (Wildman–Crippen LogP) is 6.02. The van der Waals surface area contributed by atoms with Gasteiger partial charge in [-0.1, -0.05) is 62.7 Å². The quantitative estimate of drug-likeness (QED) is 0.446. The Morgan fingerprint density at radius 2 is 1.70 bits per heavy atom. The third-order valence-electron chi connectivity index (χ3n) is 4.74. The SMILES string of the molecule is COP(=O)(OC)c1nc(-c2ccc(C(C)(C)C)cc2)oc1NCc1ccccc1Cl. The highest BCUT2D eigenvalue weighted by molar-refractivity contribution is 7.62. The Morgan fingerprint density at radius 1 is 1.07 bits per heavy atom. The first kappa shape index (κ1) is 22.6. The average molecular weight is 449 g/mol. The Labute approximate surface area is 182 Å². The van der Waals surface area contributed by atoms with Crippen molar-refractivity contribution in [3.8, 4) is 11.5 Å². The highest BCUT2D eigenvalue weighted by Gasteiger charge is 2.34. The second-order valence-electron chi connectivity index (χ2n) is 7.81. The van der Waals surface area contributed by atoms with E-state index in [1.165, 1.54) is 19.8 Å². The number of halogens is 1. The van der Waals surface area contributed by atoms with E-state index in [-0.39, 0.29) is 16.7 Å². The minimum atomic E-state index is -3.64. The van der Waals surface area contributed by atoms with Gasteiger partial charge in [0.15, 0.2) is 0 Å². The van der Waals surface area contributed by atoms with Gasteiger partial charge in [0, 0.05) is 31.4 Å². The topological polar surface area (TPSA) is 73.6 Å². The number of anilines is 1. The van der Waals surface area contributed by atoms with Gasteiger partial charge < -0.3 is 18.8 Å². The molecule has 0 radical (unpaired) electrons. The van der Waals surface area contributed by atoms with Gasteiger partial charge in [0.1, 0.15) is 0 Å². The highest BCUT2D eigenvalue weighted by Crippen LogP contribution is 2.47. The molecule has 0 bridgehead atoms. The standard InChI is InChI=1S/C22H26ClN2O4P/c1-22(2,3)17-12-10-15(11-13-17)19-25-21(30(26,27-4)28-5)20(29-19)24-14-16-8-6-7-9-18(16)23/h6-13,24H,14H2,1-5H3. The van der Waals surface area contributed by atoms with Gasteiger partial charge in [-0.2, -0.15) is 4.98 Å². The zero-order chi connectivity index (χ0) is 21.9. The van der Waals surface area contributed by atoms with Gasteiger partial charge in [-0.05, 0) is 34.7 Å². The molecular formula is C22H26ClN2O4P. The minimum Gasteiger partial charge on any atom is -0.420 e. The van der Waals surface area contributed by atoms with Crippen LogP contribution in [0.5, 0.6) is 0 Å². The lowest BCUT2D eigenvalue weighted by Crippen LogP contribution is -2.15. The number of nitrogens with one attached hydrogen (secondary N) is 1. The molecule has 8 heteroatoms. The summed E-state index contributed by atoms with van der Waals surface area (Å²) in [5.41, 5.74) is 2.93. The molecule has 0 amide bonds. The summed E-state index contributed by atoms with van der Waals surface area (Å²) < 4.78 is 29.3. The van der Waals surface area contributed by atoms with E-state index in [4.69, 9.17) is 25.1 Å². The van der Waals surface area contributed by atoms with Gasteiger partial charge in [0.25, 0.3) is 0 Å². The lowest BCUT2D eigenvalue weighted by atomic mass is 9.87. The van der Waals surface area contributed by atoms with E-state index in [0.29, 0.717) is 17.5 Å². The first-order valence-corrected chi connectivity index (χ1v) is 11.4. The van der Waals surface area contributed by atoms with Crippen LogP contribution in [-0.2, 0) is 25.6 Å². The number of hydrogen-bond donors (Lipinski definition) is 1. The van der Waals surface area contributed by atoms with Crippen molar-refractivity contribution in [3.05, 3.63) is 64.7 Å². The summed E-state index contributed by atoms with van der Waals surface area (Å²) in [5.74, 6) is 0.540. The highest BCUT2D eigenvalue weighted by atomic mass is 35.5. The van der Waals surface area contributed by atoms with Crippen LogP contribution in [0, 0.1) is 0 Å². The van der Waals surface area contributed by atoms with Gasteiger partial charge in [-0.15, -0.1) is 0 Å². The maximum absolute atomic E-state index is 13.0. The molecule has 0 aliphatic rings. The Bertz CT molecular complexity index is 1050. The van der Waals surface area contributed by atoms with E-state index >= 15 is 0 Å². The molecule has 0 aliphatic heterocycles. The molecule has 1 N–H and O–H groups in total. The number of aromatic nitrogens is 1. The summed E-state index contributed by atoms with van der Waals surface area (Å²) in [7, 11) is -1.01. The van der Waals surface area contributed by atoms with E-state index in [1.54, 1.807) is 6.07 Å². The van der Waals surface area contributed by atoms with Crippen LogP contribution in [0.4, 0.5) is 5.88 Å². The molecule has 30 heavy (non-hydrogen) atoms. The molecule has 3 rings (SSSR count). The van der Waals surface area contributed by atoms with Gasteiger partial charge in [0.05, 0.1) is 0 Å². The molecular weight excluding hydrogens is 423 g/mol.